The maximum Gasteiger partial charge on any atom is 0.233 e. The van der Waals surface area contributed by atoms with Crippen molar-refractivity contribution in [2.24, 2.45) is 11.8 Å². The molecule has 138 valence electrons. The van der Waals surface area contributed by atoms with Gasteiger partial charge in [0.05, 0.1) is 5.75 Å². The number of nitrogens with zero attached hydrogens (tertiary/aromatic N) is 3. The van der Waals surface area contributed by atoms with E-state index >= 15 is 0 Å². The van der Waals surface area contributed by atoms with Crippen LogP contribution >= 0.6 is 11.8 Å². The van der Waals surface area contributed by atoms with Gasteiger partial charge in [0.1, 0.15) is 0 Å². The molecule has 0 unspecified atom stereocenters. The molecule has 6 heteroatoms. The minimum atomic E-state index is 0.223. The van der Waals surface area contributed by atoms with E-state index in [0.29, 0.717) is 10.9 Å². The fraction of sp³-hybridized carbons (Fsp3) is 0.550. The van der Waals surface area contributed by atoms with Crippen LogP contribution < -0.4 is 0 Å². The van der Waals surface area contributed by atoms with Crippen LogP contribution in [0.4, 0.5) is 0 Å². The van der Waals surface area contributed by atoms with Crippen LogP contribution in [0.25, 0.3) is 11.4 Å². The summed E-state index contributed by atoms with van der Waals surface area (Å²) in [6, 6.07) is 8.18. The Morgan fingerprint density at radius 3 is 2.77 bits per heavy atom. The van der Waals surface area contributed by atoms with Gasteiger partial charge in [-0.2, -0.15) is 0 Å². The zero-order chi connectivity index (χ0) is 17.9. The number of nitrogens with one attached hydrogen (secondary N) is 1. The molecule has 4 rings (SSSR count). The molecule has 1 saturated carbocycles. The number of carbonyl (C=O) groups is 1. The maximum absolute atomic E-state index is 12.6. The summed E-state index contributed by atoms with van der Waals surface area (Å²) in [7, 11) is 0. The summed E-state index contributed by atoms with van der Waals surface area (Å²) in [5, 5.41) is 7.87. The molecule has 2 fully saturated rings. The number of H-pyrrole nitrogens is 1. The first-order chi connectivity index (χ1) is 12.7. The van der Waals surface area contributed by atoms with Gasteiger partial charge < -0.3 is 4.90 Å². The highest BCUT2D eigenvalue weighted by atomic mass is 32.2. The molecule has 0 spiro atoms. The van der Waals surface area contributed by atoms with E-state index in [2.05, 4.69) is 39.1 Å². The lowest BCUT2D eigenvalue weighted by molar-refractivity contribution is -0.131. The molecule has 1 aliphatic carbocycles. The van der Waals surface area contributed by atoms with Crippen LogP contribution in [-0.4, -0.2) is 44.8 Å². The topological polar surface area (TPSA) is 61.9 Å². The molecule has 1 aliphatic heterocycles. The Morgan fingerprint density at radius 2 is 1.96 bits per heavy atom. The molecule has 2 atom stereocenters. The van der Waals surface area contributed by atoms with Gasteiger partial charge in [-0.25, -0.2) is 4.98 Å². The highest BCUT2D eigenvalue weighted by Gasteiger charge is 2.32. The Bertz CT molecular complexity index is 757. The van der Waals surface area contributed by atoms with E-state index in [9.17, 15) is 4.79 Å². The second-order valence-corrected chi connectivity index (χ2v) is 8.50. The summed E-state index contributed by atoms with van der Waals surface area (Å²) in [5.74, 6) is 2.97. The number of aromatic amines is 1. The zero-order valence-corrected chi connectivity index (χ0v) is 16.1. The predicted octanol–water partition coefficient (Wildman–Crippen LogP) is 3.91. The smallest absolute Gasteiger partial charge is 0.233 e. The first-order valence-corrected chi connectivity index (χ1v) is 10.6. The van der Waals surface area contributed by atoms with Crippen LogP contribution in [0.5, 0.6) is 0 Å². The van der Waals surface area contributed by atoms with Gasteiger partial charge in [-0.1, -0.05) is 60.9 Å². The molecule has 1 saturated heterocycles. The Kier molecular flexibility index (Phi) is 5.29. The largest absolute Gasteiger partial charge is 0.342 e. The van der Waals surface area contributed by atoms with Gasteiger partial charge in [0.15, 0.2) is 5.82 Å². The number of aromatic nitrogens is 3. The van der Waals surface area contributed by atoms with E-state index in [1.807, 2.05) is 12.1 Å². The van der Waals surface area contributed by atoms with E-state index in [4.69, 9.17) is 0 Å². The molecular formula is C20H26N4OS. The molecule has 1 amide bonds. The lowest BCUT2D eigenvalue weighted by Gasteiger charge is -2.41. The van der Waals surface area contributed by atoms with Crippen molar-refractivity contribution in [3.8, 4) is 11.4 Å². The van der Waals surface area contributed by atoms with Gasteiger partial charge in [-0.15, -0.1) is 5.10 Å². The summed E-state index contributed by atoms with van der Waals surface area (Å²) >= 11 is 1.43. The number of piperidine rings is 1. The van der Waals surface area contributed by atoms with Gasteiger partial charge in [-0.05, 0) is 31.6 Å². The molecule has 5 nitrogen and oxygen atoms in total. The number of hydrogen-bond donors (Lipinski definition) is 1. The van der Waals surface area contributed by atoms with E-state index in [-0.39, 0.29) is 5.91 Å². The fourth-order valence-corrected chi connectivity index (χ4v) is 4.90. The van der Waals surface area contributed by atoms with E-state index in [1.165, 1.54) is 49.4 Å². The van der Waals surface area contributed by atoms with Gasteiger partial charge >= 0.3 is 0 Å². The van der Waals surface area contributed by atoms with Crippen molar-refractivity contribution in [1.82, 2.24) is 20.1 Å². The Morgan fingerprint density at radius 1 is 1.19 bits per heavy atom. The molecule has 1 aromatic heterocycles. The van der Waals surface area contributed by atoms with Crippen molar-refractivity contribution in [1.29, 1.82) is 0 Å². The van der Waals surface area contributed by atoms with Crippen molar-refractivity contribution in [3.63, 3.8) is 0 Å². The van der Waals surface area contributed by atoms with Gasteiger partial charge in [0.2, 0.25) is 11.1 Å². The molecule has 2 aromatic rings. The molecule has 26 heavy (non-hydrogen) atoms. The van der Waals surface area contributed by atoms with Crippen molar-refractivity contribution in [3.05, 3.63) is 29.8 Å². The normalized spacial score (nSPS) is 22.9. The molecule has 1 aromatic carbocycles. The van der Waals surface area contributed by atoms with E-state index in [1.54, 1.807) is 0 Å². The van der Waals surface area contributed by atoms with Crippen LogP contribution in [0.3, 0.4) is 0 Å². The van der Waals surface area contributed by atoms with Gasteiger partial charge in [0, 0.05) is 18.7 Å². The van der Waals surface area contributed by atoms with E-state index < -0.39 is 0 Å². The number of hydrogen-bond acceptors (Lipinski definition) is 4. The lowest BCUT2D eigenvalue weighted by atomic mass is 9.75. The van der Waals surface area contributed by atoms with Crippen molar-refractivity contribution in [2.45, 2.75) is 44.2 Å². The monoisotopic (exact) mass is 370 g/mol. The van der Waals surface area contributed by atoms with Crippen LogP contribution in [0, 0.1) is 18.8 Å². The SMILES string of the molecule is Cc1ccc(-c2nc(SCC(=O)N3CC[C@H]4CCCC[C@@H]4C3)n[nH]2)cc1. The summed E-state index contributed by atoms with van der Waals surface area (Å²) in [5.41, 5.74) is 2.23. The number of likely N-dealkylation sites (tertiary alicyclic amines) is 1. The third kappa shape index (κ3) is 3.95. The average Bonchev–Trinajstić information content (AvgIpc) is 3.15. The summed E-state index contributed by atoms with van der Waals surface area (Å²) < 4.78 is 0. The number of aryl methyl sites for hydroxylation is 1. The van der Waals surface area contributed by atoms with Crippen LogP contribution in [0.2, 0.25) is 0 Å². The van der Waals surface area contributed by atoms with Crippen LogP contribution in [0.1, 0.15) is 37.7 Å². The van der Waals surface area contributed by atoms with Crippen LogP contribution in [-0.2, 0) is 4.79 Å². The fourth-order valence-electron chi connectivity index (χ4n) is 4.20. The van der Waals surface area contributed by atoms with Crippen molar-refractivity contribution in [2.75, 3.05) is 18.8 Å². The number of rotatable bonds is 4. The number of benzene rings is 1. The lowest BCUT2D eigenvalue weighted by Crippen LogP contribution is -2.45. The Balaban J connectivity index is 1.31. The second-order valence-electron chi connectivity index (χ2n) is 7.55. The van der Waals surface area contributed by atoms with Gasteiger partial charge in [-0.3, -0.25) is 9.89 Å². The molecule has 0 bridgehead atoms. The highest BCUT2D eigenvalue weighted by Crippen LogP contribution is 2.36. The van der Waals surface area contributed by atoms with Crippen LogP contribution in [0.15, 0.2) is 29.4 Å². The summed E-state index contributed by atoms with van der Waals surface area (Å²) in [4.78, 5) is 19.2. The first-order valence-electron chi connectivity index (χ1n) is 9.59. The number of fused-ring (bicyclic) bond motifs is 1. The maximum atomic E-state index is 12.6. The minimum absolute atomic E-state index is 0.223. The average molecular weight is 371 g/mol. The predicted molar refractivity (Wildman–Crippen MR) is 104 cm³/mol. The zero-order valence-electron chi connectivity index (χ0n) is 15.3. The molecule has 0 radical (unpaired) electrons. The highest BCUT2D eigenvalue weighted by molar-refractivity contribution is 7.99. The molecule has 2 heterocycles. The third-order valence-electron chi connectivity index (χ3n) is 5.76. The molecule has 2 aliphatic rings. The Hall–Kier alpha value is -1.82. The summed E-state index contributed by atoms with van der Waals surface area (Å²) in [6.07, 6.45) is 6.54. The number of amides is 1. The molecular weight excluding hydrogens is 344 g/mol. The van der Waals surface area contributed by atoms with E-state index in [0.717, 1.165) is 36.3 Å². The van der Waals surface area contributed by atoms with Crippen molar-refractivity contribution >= 4 is 17.7 Å². The first kappa shape index (κ1) is 17.6. The molecule has 1 N–H and O–H groups in total. The quantitative estimate of drug-likeness (QED) is 0.829. The number of thioether (sulfide) groups is 1. The summed E-state index contributed by atoms with van der Waals surface area (Å²) in [6.45, 7) is 3.93. The third-order valence-corrected chi connectivity index (χ3v) is 6.59. The van der Waals surface area contributed by atoms with Gasteiger partial charge in [0.25, 0.3) is 0 Å². The number of carbonyl (C=O) groups excluding carboxylic acids is 1. The Labute approximate surface area is 159 Å². The van der Waals surface area contributed by atoms with Crippen molar-refractivity contribution < 1.29 is 4.79 Å². The minimum Gasteiger partial charge on any atom is -0.342 e. The standard InChI is InChI=1S/C20H26N4OS/c1-14-6-8-16(9-7-14)19-21-20(23-22-19)26-13-18(25)24-11-10-15-4-2-3-5-17(15)12-24/h6-9,15,17H,2-5,10-13H2,1H3,(H,21,22,23)/t15-,17-/m1/s1. The second kappa shape index (κ2) is 7.82.